The number of sulfone groups is 1. The molecule has 0 aromatic carbocycles. The summed E-state index contributed by atoms with van der Waals surface area (Å²) in [7, 11) is -3.36. The number of rotatable bonds is 2. The van der Waals surface area contributed by atoms with Crippen LogP contribution in [0.4, 0.5) is 5.95 Å². The summed E-state index contributed by atoms with van der Waals surface area (Å²) in [6, 6.07) is 1.55. The molecule has 2 rings (SSSR count). The molecule has 0 radical (unpaired) electrons. The van der Waals surface area contributed by atoms with Crippen molar-refractivity contribution < 1.29 is 13.2 Å². The standard InChI is InChI=1S/C11H14ClN3O3S/c1-7-6-9(12)14-11(13-7)15-10(16)8-4-2-3-5-19(8,17)18/h6,8H,2-5H2,1H3,(H,13,14,15,16). The molecule has 1 fully saturated rings. The van der Waals surface area contributed by atoms with E-state index in [1.54, 1.807) is 13.0 Å². The number of hydrogen-bond donors (Lipinski definition) is 1. The summed E-state index contributed by atoms with van der Waals surface area (Å²) in [4.78, 5) is 19.8. The first kappa shape index (κ1) is 14.2. The van der Waals surface area contributed by atoms with Crippen LogP contribution in [0.2, 0.25) is 5.15 Å². The normalized spacial score (nSPS) is 21.9. The summed E-state index contributed by atoms with van der Waals surface area (Å²) in [6.07, 6.45) is 1.68. The number of amides is 1. The molecule has 1 atom stereocenters. The zero-order chi connectivity index (χ0) is 14.0. The quantitative estimate of drug-likeness (QED) is 0.833. The molecule has 104 valence electrons. The molecule has 0 bridgehead atoms. The van der Waals surface area contributed by atoms with Crippen LogP contribution < -0.4 is 5.32 Å². The van der Waals surface area contributed by atoms with Gasteiger partial charge < -0.3 is 0 Å². The van der Waals surface area contributed by atoms with Crippen LogP contribution in [0.1, 0.15) is 25.0 Å². The average molecular weight is 304 g/mol. The Labute approximate surface area is 116 Å². The van der Waals surface area contributed by atoms with Gasteiger partial charge in [0.25, 0.3) is 0 Å². The van der Waals surface area contributed by atoms with E-state index in [1.165, 1.54) is 0 Å². The van der Waals surface area contributed by atoms with E-state index < -0.39 is 21.0 Å². The second-order valence-corrected chi connectivity index (χ2v) is 7.19. The Kier molecular flexibility index (Phi) is 4.05. The molecule has 1 aliphatic heterocycles. The summed E-state index contributed by atoms with van der Waals surface area (Å²) < 4.78 is 23.6. The minimum atomic E-state index is -3.36. The number of carbonyl (C=O) groups excluding carboxylic acids is 1. The van der Waals surface area contributed by atoms with E-state index in [0.29, 0.717) is 18.5 Å². The molecular weight excluding hydrogens is 290 g/mol. The lowest BCUT2D eigenvalue weighted by Crippen LogP contribution is -2.39. The van der Waals surface area contributed by atoms with E-state index in [2.05, 4.69) is 15.3 Å². The Morgan fingerprint density at radius 3 is 2.79 bits per heavy atom. The van der Waals surface area contributed by atoms with Crippen molar-refractivity contribution in [1.82, 2.24) is 9.97 Å². The third kappa shape index (κ3) is 3.42. The SMILES string of the molecule is Cc1cc(Cl)nc(NC(=O)C2CCCCS2(=O)=O)n1. The van der Waals surface area contributed by atoms with Crippen LogP contribution in [0.3, 0.4) is 0 Å². The first-order valence-electron chi connectivity index (χ1n) is 5.92. The Bertz CT molecular complexity index is 583. The molecule has 1 N–H and O–H groups in total. The van der Waals surface area contributed by atoms with Gasteiger partial charge >= 0.3 is 0 Å². The third-order valence-electron chi connectivity index (χ3n) is 2.93. The predicted molar refractivity (Wildman–Crippen MR) is 71.8 cm³/mol. The molecule has 8 heteroatoms. The highest BCUT2D eigenvalue weighted by Crippen LogP contribution is 2.21. The van der Waals surface area contributed by atoms with Gasteiger partial charge in [0.05, 0.1) is 5.75 Å². The number of aromatic nitrogens is 2. The van der Waals surface area contributed by atoms with Crippen LogP contribution in [0.25, 0.3) is 0 Å². The van der Waals surface area contributed by atoms with Crippen LogP contribution in [0.5, 0.6) is 0 Å². The predicted octanol–water partition coefficient (Wildman–Crippen LogP) is 1.34. The number of aryl methyl sites for hydroxylation is 1. The molecular formula is C11H14ClN3O3S. The number of carbonyl (C=O) groups is 1. The lowest BCUT2D eigenvalue weighted by molar-refractivity contribution is -0.116. The molecule has 2 heterocycles. The average Bonchev–Trinajstić information content (AvgIpc) is 2.26. The maximum Gasteiger partial charge on any atom is 0.245 e. The zero-order valence-corrected chi connectivity index (χ0v) is 12.0. The van der Waals surface area contributed by atoms with Gasteiger partial charge in [-0.05, 0) is 25.8 Å². The Hall–Kier alpha value is -1.21. The van der Waals surface area contributed by atoms with Gasteiger partial charge in [0.15, 0.2) is 9.84 Å². The molecule has 19 heavy (non-hydrogen) atoms. The molecule has 1 saturated heterocycles. The lowest BCUT2D eigenvalue weighted by atomic mass is 10.2. The van der Waals surface area contributed by atoms with Gasteiger partial charge in [-0.1, -0.05) is 18.0 Å². The Morgan fingerprint density at radius 2 is 2.16 bits per heavy atom. The van der Waals surface area contributed by atoms with Crippen LogP contribution >= 0.6 is 11.6 Å². The summed E-state index contributed by atoms with van der Waals surface area (Å²) >= 11 is 5.75. The highest BCUT2D eigenvalue weighted by molar-refractivity contribution is 7.92. The minimum absolute atomic E-state index is 0.0378. The molecule has 1 aromatic heterocycles. The second-order valence-electron chi connectivity index (χ2n) is 4.50. The fraction of sp³-hybridized carbons (Fsp3) is 0.545. The highest BCUT2D eigenvalue weighted by atomic mass is 35.5. The summed E-state index contributed by atoms with van der Waals surface area (Å²) in [6.45, 7) is 1.71. The van der Waals surface area contributed by atoms with Gasteiger partial charge in [-0.25, -0.2) is 18.4 Å². The molecule has 0 aliphatic carbocycles. The van der Waals surface area contributed by atoms with E-state index in [9.17, 15) is 13.2 Å². The Morgan fingerprint density at radius 1 is 1.42 bits per heavy atom. The maximum absolute atomic E-state index is 12.0. The van der Waals surface area contributed by atoms with Gasteiger partial charge in [0, 0.05) is 5.69 Å². The maximum atomic E-state index is 12.0. The summed E-state index contributed by atoms with van der Waals surface area (Å²) in [5.74, 6) is -0.488. The van der Waals surface area contributed by atoms with E-state index in [4.69, 9.17) is 11.6 Å². The first-order chi connectivity index (χ1) is 8.88. The number of nitrogens with zero attached hydrogens (tertiary/aromatic N) is 2. The van der Waals surface area contributed by atoms with Crippen LogP contribution in [-0.2, 0) is 14.6 Å². The van der Waals surface area contributed by atoms with Crippen LogP contribution in [0.15, 0.2) is 6.07 Å². The smallest absolute Gasteiger partial charge is 0.245 e. The summed E-state index contributed by atoms with van der Waals surface area (Å²) in [5.41, 5.74) is 0.599. The van der Waals surface area contributed by atoms with Crippen LogP contribution in [0, 0.1) is 6.92 Å². The molecule has 1 amide bonds. The van der Waals surface area contributed by atoms with Crippen molar-refractivity contribution in [3.8, 4) is 0 Å². The van der Waals surface area contributed by atoms with E-state index >= 15 is 0 Å². The van der Waals surface area contributed by atoms with Gasteiger partial charge in [0.1, 0.15) is 10.4 Å². The zero-order valence-electron chi connectivity index (χ0n) is 10.4. The van der Waals surface area contributed by atoms with Gasteiger partial charge in [0.2, 0.25) is 11.9 Å². The van der Waals surface area contributed by atoms with E-state index in [1.807, 2.05) is 0 Å². The molecule has 6 nitrogen and oxygen atoms in total. The molecule has 1 aliphatic rings. The number of nitrogens with one attached hydrogen (secondary N) is 1. The van der Waals surface area contributed by atoms with Crippen molar-refractivity contribution in [2.75, 3.05) is 11.1 Å². The van der Waals surface area contributed by atoms with Gasteiger partial charge in [-0.15, -0.1) is 0 Å². The topological polar surface area (TPSA) is 89.0 Å². The van der Waals surface area contributed by atoms with E-state index in [0.717, 1.165) is 6.42 Å². The first-order valence-corrected chi connectivity index (χ1v) is 8.01. The van der Waals surface area contributed by atoms with Crippen molar-refractivity contribution in [2.45, 2.75) is 31.4 Å². The van der Waals surface area contributed by atoms with Crippen molar-refractivity contribution in [3.63, 3.8) is 0 Å². The van der Waals surface area contributed by atoms with Crippen molar-refractivity contribution in [1.29, 1.82) is 0 Å². The number of halogens is 1. The van der Waals surface area contributed by atoms with Crippen molar-refractivity contribution in [3.05, 3.63) is 16.9 Å². The molecule has 1 unspecified atom stereocenters. The summed E-state index contributed by atoms with van der Waals surface area (Å²) in [5, 5.41) is 1.62. The molecule has 1 aromatic rings. The Balaban J connectivity index is 2.16. The van der Waals surface area contributed by atoms with Gasteiger partial charge in [-0.2, -0.15) is 0 Å². The number of anilines is 1. The number of hydrogen-bond acceptors (Lipinski definition) is 5. The van der Waals surface area contributed by atoms with E-state index in [-0.39, 0.29) is 16.9 Å². The van der Waals surface area contributed by atoms with Gasteiger partial charge in [-0.3, -0.25) is 10.1 Å². The highest BCUT2D eigenvalue weighted by Gasteiger charge is 2.35. The minimum Gasteiger partial charge on any atom is -0.293 e. The fourth-order valence-corrected chi connectivity index (χ4v) is 4.07. The molecule has 0 spiro atoms. The molecule has 0 saturated carbocycles. The second kappa shape index (κ2) is 5.42. The lowest BCUT2D eigenvalue weighted by Gasteiger charge is -2.20. The van der Waals surface area contributed by atoms with Crippen LogP contribution in [-0.4, -0.2) is 35.3 Å². The third-order valence-corrected chi connectivity index (χ3v) is 5.30. The largest absolute Gasteiger partial charge is 0.293 e. The fourth-order valence-electron chi connectivity index (χ4n) is 2.03. The monoisotopic (exact) mass is 303 g/mol. The van der Waals surface area contributed by atoms with Crippen molar-refractivity contribution >= 4 is 33.3 Å². The van der Waals surface area contributed by atoms with Crippen molar-refractivity contribution in [2.24, 2.45) is 0 Å².